The first-order valence-electron chi connectivity index (χ1n) is 6.79. The van der Waals surface area contributed by atoms with Crippen LogP contribution in [0.2, 0.25) is 0 Å². The third-order valence-corrected chi connectivity index (χ3v) is 4.05. The van der Waals surface area contributed by atoms with Crippen LogP contribution in [0.1, 0.15) is 29.7 Å². The summed E-state index contributed by atoms with van der Waals surface area (Å²) in [7, 11) is 2.11. The van der Waals surface area contributed by atoms with Crippen LogP contribution in [0.3, 0.4) is 0 Å². The van der Waals surface area contributed by atoms with E-state index in [0.717, 1.165) is 16.6 Å². The van der Waals surface area contributed by atoms with E-state index in [1.165, 1.54) is 16.8 Å². The fourth-order valence-electron chi connectivity index (χ4n) is 2.29. The van der Waals surface area contributed by atoms with Gasteiger partial charge in [0.1, 0.15) is 0 Å². The molecule has 2 N–H and O–H groups in total. The van der Waals surface area contributed by atoms with E-state index in [9.17, 15) is 0 Å². The fourth-order valence-corrected chi connectivity index (χ4v) is 2.98. The zero-order valence-electron chi connectivity index (χ0n) is 12.2. The molecule has 2 rings (SSSR count). The molecule has 0 unspecified atom stereocenters. The summed E-state index contributed by atoms with van der Waals surface area (Å²) in [5.41, 5.74) is 10.8. The van der Waals surface area contributed by atoms with Gasteiger partial charge in [-0.05, 0) is 53.0 Å². The summed E-state index contributed by atoms with van der Waals surface area (Å²) in [5, 5.41) is 0. The van der Waals surface area contributed by atoms with Crippen molar-refractivity contribution < 1.29 is 0 Å². The highest BCUT2D eigenvalue weighted by Crippen LogP contribution is 2.29. The van der Waals surface area contributed by atoms with Gasteiger partial charge in [-0.2, -0.15) is 0 Å². The molecule has 0 heterocycles. The van der Waals surface area contributed by atoms with Gasteiger partial charge in [0.25, 0.3) is 0 Å². The SMILES string of the molecule is Cc1cccc(CN(C)c2ccc([C@H](C)N)cc2Br)c1. The Balaban J connectivity index is 2.19. The molecular weight excluding hydrogens is 312 g/mol. The van der Waals surface area contributed by atoms with Gasteiger partial charge < -0.3 is 10.6 Å². The topological polar surface area (TPSA) is 29.3 Å². The highest BCUT2D eigenvalue weighted by molar-refractivity contribution is 9.10. The van der Waals surface area contributed by atoms with Gasteiger partial charge in [-0.1, -0.05) is 35.9 Å². The summed E-state index contributed by atoms with van der Waals surface area (Å²) in [4.78, 5) is 2.24. The van der Waals surface area contributed by atoms with Gasteiger partial charge in [0, 0.05) is 24.1 Å². The average molecular weight is 333 g/mol. The van der Waals surface area contributed by atoms with Gasteiger partial charge in [0.05, 0.1) is 5.69 Å². The van der Waals surface area contributed by atoms with E-state index in [1.54, 1.807) is 0 Å². The van der Waals surface area contributed by atoms with Crippen LogP contribution in [0, 0.1) is 6.92 Å². The Morgan fingerprint density at radius 1 is 1.20 bits per heavy atom. The number of benzene rings is 2. The number of hydrogen-bond donors (Lipinski definition) is 1. The molecule has 0 saturated heterocycles. The summed E-state index contributed by atoms with van der Waals surface area (Å²) in [6.07, 6.45) is 0. The molecule has 1 atom stereocenters. The first-order chi connectivity index (χ1) is 9.47. The van der Waals surface area contributed by atoms with Crippen LogP contribution in [0.25, 0.3) is 0 Å². The van der Waals surface area contributed by atoms with Crippen LogP contribution in [0.5, 0.6) is 0 Å². The Bertz CT molecular complexity index is 593. The minimum Gasteiger partial charge on any atom is -0.369 e. The van der Waals surface area contributed by atoms with Gasteiger partial charge in [0.2, 0.25) is 0 Å². The fraction of sp³-hybridized carbons (Fsp3) is 0.294. The third kappa shape index (κ3) is 3.62. The monoisotopic (exact) mass is 332 g/mol. The minimum atomic E-state index is 0.0578. The maximum atomic E-state index is 5.91. The zero-order valence-corrected chi connectivity index (χ0v) is 13.8. The average Bonchev–Trinajstić information content (AvgIpc) is 2.38. The summed E-state index contributed by atoms with van der Waals surface area (Å²) in [5.74, 6) is 0. The highest BCUT2D eigenvalue weighted by atomic mass is 79.9. The van der Waals surface area contributed by atoms with Crippen LogP contribution in [-0.4, -0.2) is 7.05 Å². The van der Waals surface area contributed by atoms with Crippen LogP contribution in [0.4, 0.5) is 5.69 Å². The highest BCUT2D eigenvalue weighted by Gasteiger charge is 2.09. The standard InChI is InChI=1S/C17H21BrN2/c1-12-5-4-6-14(9-12)11-20(3)17-8-7-15(13(2)19)10-16(17)18/h4-10,13H,11,19H2,1-3H3/t13-/m0/s1. The van der Waals surface area contributed by atoms with Crippen molar-refractivity contribution in [1.82, 2.24) is 0 Å². The lowest BCUT2D eigenvalue weighted by molar-refractivity contribution is 0.816. The predicted octanol–water partition coefficient (Wildman–Crippen LogP) is 4.41. The van der Waals surface area contributed by atoms with E-state index >= 15 is 0 Å². The molecule has 0 saturated carbocycles. The minimum absolute atomic E-state index is 0.0578. The number of rotatable bonds is 4. The smallest absolute Gasteiger partial charge is 0.0511 e. The summed E-state index contributed by atoms with van der Waals surface area (Å²) in [6, 6.07) is 15.0. The number of anilines is 1. The van der Waals surface area contributed by atoms with Crippen LogP contribution >= 0.6 is 15.9 Å². The van der Waals surface area contributed by atoms with E-state index in [-0.39, 0.29) is 6.04 Å². The summed E-state index contributed by atoms with van der Waals surface area (Å²) in [6.45, 7) is 5.01. The third-order valence-electron chi connectivity index (χ3n) is 3.41. The molecule has 0 aliphatic heterocycles. The van der Waals surface area contributed by atoms with E-state index in [4.69, 9.17) is 5.73 Å². The van der Waals surface area contributed by atoms with Crippen molar-refractivity contribution in [2.75, 3.05) is 11.9 Å². The van der Waals surface area contributed by atoms with Crippen molar-refractivity contribution in [3.8, 4) is 0 Å². The molecule has 0 aromatic heterocycles. The molecule has 0 aliphatic rings. The normalized spacial score (nSPS) is 12.2. The Morgan fingerprint density at radius 2 is 1.95 bits per heavy atom. The molecule has 2 aromatic rings. The van der Waals surface area contributed by atoms with Crippen molar-refractivity contribution in [2.45, 2.75) is 26.4 Å². The Morgan fingerprint density at radius 3 is 2.55 bits per heavy atom. The Labute approximate surface area is 129 Å². The first kappa shape index (κ1) is 15.1. The molecule has 0 fully saturated rings. The molecule has 2 aromatic carbocycles. The second-order valence-corrected chi connectivity index (χ2v) is 6.20. The molecule has 2 nitrogen and oxygen atoms in total. The lowest BCUT2D eigenvalue weighted by Crippen LogP contribution is -2.17. The predicted molar refractivity (Wildman–Crippen MR) is 90.0 cm³/mol. The largest absolute Gasteiger partial charge is 0.369 e. The van der Waals surface area contributed by atoms with Gasteiger partial charge >= 0.3 is 0 Å². The quantitative estimate of drug-likeness (QED) is 0.898. The van der Waals surface area contributed by atoms with Crippen LogP contribution in [-0.2, 0) is 6.54 Å². The zero-order chi connectivity index (χ0) is 14.7. The lowest BCUT2D eigenvalue weighted by atomic mass is 10.1. The van der Waals surface area contributed by atoms with Gasteiger partial charge in [-0.3, -0.25) is 0 Å². The van der Waals surface area contributed by atoms with E-state index < -0.39 is 0 Å². The summed E-state index contributed by atoms with van der Waals surface area (Å²) < 4.78 is 1.09. The van der Waals surface area contributed by atoms with E-state index in [0.29, 0.717) is 0 Å². The molecule has 3 heteroatoms. The second kappa shape index (κ2) is 6.42. The molecule has 0 amide bonds. The van der Waals surface area contributed by atoms with Gasteiger partial charge in [-0.15, -0.1) is 0 Å². The second-order valence-electron chi connectivity index (χ2n) is 5.34. The number of nitrogens with two attached hydrogens (primary N) is 1. The van der Waals surface area contributed by atoms with Crippen molar-refractivity contribution in [3.05, 3.63) is 63.6 Å². The van der Waals surface area contributed by atoms with Crippen molar-refractivity contribution in [2.24, 2.45) is 5.73 Å². The lowest BCUT2D eigenvalue weighted by Gasteiger charge is -2.22. The number of halogens is 1. The molecule has 0 bridgehead atoms. The Kier molecular flexibility index (Phi) is 4.84. The van der Waals surface area contributed by atoms with E-state index in [1.807, 2.05) is 6.92 Å². The van der Waals surface area contributed by atoms with E-state index in [2.05, 4.69) is 77.3 Å². The maximum absolute atomic E-state index is 5.91. The number of hydrogen-bond acceptors (Lipinski definition) is 2. The molecule has 106 valence electrons. The summed E-state index contributed by atoms with van der Waals surface area (Å²) >= 11 is 3.65. The Hall–Kier alpha value is -1.32. The first-order valence-corrected chi connectivity index (χ1v) is 7.58. The van der Waals surface area contributed by atoms with Crippen molar-refractivity contribution in [1.29, 1.82) is 0 Å². The van der Waals surface area contributed by atoms with Gasteiger partial charge in [0.15, 0.2) is 0 Å². The number of nitrogens with zero attached hydrogens (tertiary/aromatic N) is 1. The number of aryl methyl sites for hydroxylation is 1. The molecule has 0 spiro atoms. The van der Waals surface area contributed by atoms with Crippen molar-refractivity contribution >= 4 is 21.6 Å². The molecule has 0 aliphatic carbocycles. The molecular formula is C17H21BrN2. The molecule has 0 radical (unpaired) electrons. The van der Waals surface area contributed by atoms with Crippen molar-refractivity contribution in [3.63, 3.8) is 0 Å². The molecule has 20 heavy (non-hydrogen) atoms. The van der Waals surface area contributed by atoms with Crippen LogP contribution < -0.4 is 10.6 Å². The van der Waals surface area contributed by atoms with Gasteiger partial charge in [-0.25, -0.2) is 0 Å². The van der Waals surface area contributed by atoms with Crippen LogP contribution in [0.15, 0.2) is 46.9 Å². The maximum Gasteiger partial charge on any atom is 0.0511 e.